The van der Waals surface area contributed by atoms with Crippen LogP contribution in [-0.2, 0) is 12.0 Å². The number of nitrogens with zero attached hydrogens (tertiary/aromatic N) is 4. The molecule has 0 aromatic carbocycles. The molecule has 3 rings (SSSR count). The Balaban J connectivity index is 1.88. The first-order valence-corrected chi connectivity index (χ1v) is 6.24. The minimum atomic E-state index is 0.184. The molecular formula is C13H17N5. The molecule has 1 N–H and O–H groups in total. The Morgan fingerprint density at radius 3 is 3.11 bits per heavy atom. The van der Waals surface area contributed by atoms with Crippen molar-refractivity contribution in [3.63, 3.8) is 0 Å². The van der Waals surface area contributed by atoms with Crippen molar-refractivity contribution in [3.05, 3.63) is 42.5 Å². The quantitative estimate of drug-likeness (QED) is 0.873. The van der Waals surface area contributed by atoms with Crippen molar-refractivity contribution in [2.45, 2.75) is 25.3 Å². The zero-order valence-electron chi connectivity index (χ0n) is 10.5. The third kappa shape index (κ3) is 2.01. The molecule has 1 saturated heterocycles. The lowest BCUT2D eigenvalue weighted by Gasteiger charge is -2.24. The third-order valence-corrected chi connectivity index (χ3v) is 3.67. The zero-order chi connectivity index (χ0) is 12.4. The van der Waals surface area contributed by atoms with Gasteiger partial charge in [0.25, 0.3) is 0 Å². The summed E-state index contributed by atoms with van der Waals surface area (Å²) < 4.78 is 2.19. The number of hydrogen-bond acceptors (Lipinski definition) is 4. The highest BCUT2D eigenvalue weighted by Crippen LogP contribution is 2.29. The number of hydrogen-bond donors (Lipinski definition) is 1. The van der Waals surface area contributed by atoms with E-state index in [0.29, 0.717) is 0 Å². The fourth-order valence-corrected chi connectivity index (χ4v) is 2.57. The average Bonchev–Trinajstić information content (AvgIpc) is 3.00. The fraction of sp³-hybridized carbons (Fsp3) is 0.462. The van der Waals surface area contributed by atoms with Gasteiger partial charge in [0, 0.05) is 30.0 Å². The molecule has 0 bridgehead atoms. The van der Waals surface area contributed by atoms with Crippen LogP contribution in [-0.4, -0.2) is 32.6 Å². The van der Waals surface area contributed by atoms with E-state index in [4.69, 9.17) is 0 Å². The Morgan fingerprint density at radius 1 is 1.44 bits per heavy atom. The Labute approximate surface area is 106 Å². The van der Waals surface area contributed by atoms with Crippen molar-refractivity contribution in [1.29, 1.82) is 0 Å². The van der Waals surface area contributed by atoms with Gasteiger partial charge in [0.1, 0.15) is 6.33 Å². The Bertz CT molecular complexity index is 513. The van der Waals surface area contributed by atoms with Gasteiger partial charge in [-0.3, -0.25) is 0 Å². The molecule has 0 aliphatic carbocycles. The Kier molecular flexibility index (Phi) is 2.83. The maximum atomic E-state index is 4.30. The van der Waals surface area contributed by atoms with Crippen LogP contribution < -0.4 is 5.32 Å². The van der Waals surface area contributed by atoms with E-state index >= 15 is 0 Å². The highest BCUT2D eigenvalue weighted by Gasteiger charge is 2.33. The van der Waals surface area contributed by atoms with Crippen molar-refractivity contribution in [1.82, 2.24) is 24.8 Å². The maximum Gasteiger partial charge on any atom is 0.115 e. The van der Waals surface area contributed by atoms with Gasteiger partial charge in [-0.25, -0.2) is 15.0 Å². The van der Waals surface area contributed by atoms with Crippen LogP contribution >= 0.6 is 0 Å². The maximum absolute atomic E-state index is 4.30. The van der Waals surface area contributed by atoms with E-state index in [1.807, 2.05) is 18.6 Å². The smallest absolute Gasteiger partial charge is 0.115 e. The summed E-state index contributed by atoms with van der Waals surface area (Å²) in [7, 11) is 0. The van der Waals surface area contributed by atoms with E-state index < -0.39 is 0 Å². The minimum Gasteiger partial charge on any atom is -0.328 e. The van der Waals surface area contributed by atoms with Crippen LogP contribution in [0.25, 0.3) is 0 Å². The molecule has 1 aliphatic rings. The van der Waals surface area contributed by atoms with Crippen molar-refractivity contribution in [2.24, 2.45) is 0 Å². The summed E-state index contributed by atoms with van der Waals surface area (Å²) in [5.41, 5.74) is 2.48. The SMILES string of the molecule is CC1(c2cncn2Cc2ccncn2)CCNC1. The van der Waals surface area contributed by atoms with Crippen LogP contribution in [0.5, 0.6) is 0 Å². The molecule has 2 aromatic heterocycles. The van der Waals surface area contributed by atoms with Crippen LogP contribution in [0, 0.1) is 0 Å². The van der Waals surface area contributed by atoms with Crippen LogP contribution in [0.4, 0.5) is 0 Å². The summed E-state index contributed by atoms with van der Waals surface area (Å²) in [4.78, 5) is 12.5. The number of imidazole rings is 1. The molecule has 1 fully saturated rings. The second-order valence-corrected chi connectivity index (χ2v) is 5.09. The Hall–Kier alpha value is -1.75. The molecule has 2 aromatic rings. The third-order valence-electron chi connectivity index (χ3n) is 3.67. The van der Waals surface area contributed by atoms with Gasteiger partial charge >= 0.3 is 0 Å². The number of rotatable bonds is 3. The van der Waals surface area contributed by atoms with E-state index in [-0.39, 0.29) is 5.41 Å². The Morgan fingerprint density at radius 2 is 2.39 bits per heavy atom. The first-order valence-electron chi connectivity index (χ1n) is 6.24. The molecule has 94 valence electrons. The summed E-state index contributed by atoms with van der Waals surface area (Å²) in [6.45, 7) is 5.14. The molecule has 0 radical (unpaired) electrons. The van der Waals surface area contributed by atoms with Gasteiger partial charge in [-0.05, 0) is 19.0 Å². The van der Waals surface area contributed by atoms with Crippen molar-refractivity contribution >= 4 is 0 Å². The summed E-state index contributed by atoms with van der Waals surface area (Å²) in [6, 6.07) is 1.94. The largest absolute Gasteiger partial charge is 0.328 e. The second-order valence-electron chi connectivity index (χ2n) is 5.09. The van der Waals surface area contributed by atoms with Crippen LogP contribution in [0.2, 0.25) is 0 Å². The first kappa shape index (κ1) is 11.3. The van der Waals surface area contributed by atoms with Gasteiger partial charge in [0.2, 0.25) is 0 Å². The summed E-state index contributed by atoms with van der Waals surface area (Å²) in [5.74, 6) is 0. The van der Waals surface area contributed by atoms with E-state index in [0.717, 1.165) is 31.7 Å². The molecule has 1 atom stereocenters. The molecule has 3 heterocycles. The van der Waals surface area contributed by atoms with Crippen molar-refractivity contribution in [2.75, 3.05) is 13.1 Å². The lowest BCUT2D eigenvalue weighted by molar-refractivity contribution is 0.480. The van der Waals surface area contributed by atoms with Crippen LogP contribution in [0.15, 0.2) is 31.1 Å². The highest BCUT2D eigenvalue weighted by molar-refractivity contribution is 5.18. The van der Waals surface area contributed by atoms with Crippen LogP contribution in [0.1, 0.15) is 24.7 Å². The molecule has 0 spiro atoms. The lowest BCUT2D eigenvalue weighted by atomic mass is 9.86. The predicted octanol–water partition coefficient (Wildman–Crippen LogP) is 0.972. The van der Waals surface area contributed by atoms with E-state index in [1.54, 1.807) is 12.5 Å². The molecule has 1 aliphatic heterocycles. The second kappa shape index (κ2) is 4.49. The fourth-order valence-electron chi connectivity index (χ4n) is 2.57. The monoisotopic (exact) mass is 243 g/mol. The van der Waals surface area contributed by atoms with Gasteiger partial charge in [-0.15, -0.1) is 0 Å². The molecule has 0 saturated carbocycles. The highest BCUT2D eigenvalue weighted by atomic mass is 15.1. The van der Waals surface area contributed by atoms with Gasteiger partial charge in [-0.1, -0.05) is 6.92 Å². The molecule has 1 unspecified atom stereocenters. The molecule has 0 amide bonds. The topological polar surface area (TPSA) is 55.6 Å². The molecule has 5 heteroatoms. The summed E-state index contributed by atoms with van der Waals surface area (Å²) in [5, 5.41) is 3.43. The normalized spacial score (nSPS) is 23.4. The predicted molar refractivity (Wildman–Crippen MR) is 68.2 cm³/mol. The lowest BCUT2D eigenvalue weighted by Crippen LogP contribution is -2.28. The van der Waals surface area contributed by atoms with Gasteiger partial charge < -0.3 is 9.88 Å². The average molecular weight is 243 g/mol. The minimum absolute atomic E-state index is 0.184. The first-order chi connectivity index (χ1) is 8.78. The zero-order valence-corrected chi connectivity index (χ0v) is 10.5. The van der Waals surface area contributed by atoms with E-state index in [9.17, 15) is 0 Å². The van der Waals surface area contributed by atoms with E-state index in [2.05, 4.69) is 31.8 Å². The van der Waals surface area contributed by atoms with Gasteiger partial charge in [0.15, 0.2) is 0 Å². The molecular weight excluding hydrogens is 226 g/mol. The summed E-state index contributed by atoms with van der Waals surface area (Å²) in [6.07, 6.45) is 8.39. The van der Waals surface area contributed by atoms with Crippen molar-refractivity contribution < 1.29 is 0 Å². The van der Waals surface area contributed by atoms with Gasteiger partial charge in [-0.2, -0.15) is 0 Å². The standard InChI is InChI=1S/C13H17N5/c1-13(3-5-14-8-13)12-6-16-10-18(12)7-11-2-4-15-9-17-11/h2,4,6,9-10,14H,3,5,7-8H2,1H3. The van der Waals surface area contributed by atoms with Crippen LogP contribution in [0.3, 0.4) is 0 Å². The molecule has 18 heavy (non-hydrogen) atoms. The number of aromatic nitrogens is 4. The molecule has 5 nitrogen and oxygen atoms in total. The van der Waals surface area contributed by atoms with E-state index in [1.165, 1.54) is 5.69 Å². The van der Waals surface area contributed by atoms with Gasteiger partial charge in [0.05, 0.1) is 18.6 Å². The number of nitrogens with one attached hydrogen (secondary N) is 1. The summed E-state index contributed by atoms with van der Waals surface area (Å²) >= 11 is 0. The van der Waals surface area contributed by atoms with Crippen molar-refractivity contribution in [3.8, 4) is 0 Å².